The molecule has 6 nitrogen and oxygen atoms in total. The summed E-state index contributed by atoms with van der Waals surface area (Å²) in [4.78, 5) is 12.9. The number of nitrogens with zero attached hydrogens (tertiary/aromatic N) is 1. The second-order valence-electron chi connectivity index (χ2n) is 6.74. The maximum Gasteiger partial charge on any atom is 0.313 e. The molecule has 0 unspecified atom stereocenters. The van der Waals surface area contributed by atoms with Crippen LogP contribution in [0.3, 0.4) is 0 Å². The number of hydroxylamine groups is 2. The first-order chi connectivity index (χ1) is 15.1. The van der Waals surface area contributed by atoms with Gasteiger partial charge in [-0.1, -0.05) is 42.5 Å². The Morgan fingerprint density at radius 3 is 2.48 bits per heavy atom. The van der Waals surface area contributed by atoms with Gasteiger partial charge in [-0.2, -0.15) is 0 Å². The monoisotopic (exact) mass is 421 g/mol. The molecule has 1 aromatic heterocycles. The highest BCUT2D eigenvalue weighted by atomic mass is 19.1. The van der Waals surface area contributed by atoms with Crippen LogP contribution in [0.15, 0.2) is 83.3 Å². The van der Waals surface area contributed by atoms with Crippen molar-refractivity contribution in [1.82, 2.24) is 5.06 Å². The van der Waals surface area contributed by atoms with E-state index in [1.807, 2.05) is 24.3 Å². The third-order valence-corrected chi connectivity index (χ3v) is 4.62. The maximum atomic E-state index is 13.4. The van der Waals surface area contributed by atoms with E-state index >= 15 is 0 Å². The Morgan fingerprint density at radius 2 is 1.68 bits per heavy atom. The van der Waals surface area contributed by atoms with E-state index in [1.165, 1.54) is 18.2 Å². The quantitative estimate of drug-likeness (QED) is 0.318. The molecule has 3 aromatic carbocycles. The summed E-state index contributed by atoms with van der Waals surface area (Å²) in [5.41, 5.74) is 0.950. The molecule has 0 radical (unpaired) electrons. The Labute approximate surface area is 178 Å². The van der Waals surface area contributed by atoms with Gasteiger partial charge in [-0.05, 0) is 30.3 Å². The fourth-order valence-electron chi connectivity index (χ4n) is 3.11. The van der Waals surface area contributed by atoms with Gasteiger partial charge in [0.25, 0.3) is 0 Å². The topological polar surface area (TPSA) is 72.1 Å². The average molecular weight is 421 g/mol. The van der Waals surface area contributed by atoms with Crippen molar-refractivity contribution in [1.29, 1.82) is 0 Å². The number of ether oxygens (including phenoxy) is 2. The Balaban J connectivity index is 1.50. The predicted molar refractivity (Wildman–Crippen MR) is 112 cm³/mol. The van der Waals surface area contributed by atoms with Crippen molar-refractivity contribution in [2.75, 3.05) is 13.2 Å². The number of amides is 1. The summed E-state index contributed by atoms with van der Waals surface area (Å²) in [6.07, 6.45) is 0. The maximum absolute atomic E-state index is 13.4. The van der Waals surface area contributed by atoms with E-state index in [-0.39, 0.29) is 25.5 Å². The van der Waals surface area contributed by atoms with Gasteiger partial charge in [0, 0.05) is 17.0 Å². The Kier molecular flexibility index (Phi) is 6.14. The van der Waals surface area contributed by atoms with Gasteiger partial charge in [-0.25, -0.2) is 9.45 Å². The second kappa shape index (κ2) is 9.32. The van der Waals surface area contributed by atoms with Crippen molar-refractivity contribution in [3.05, 3.63) is 96.0 Å². The molecule has 7 heteroatoms. The number of carbonyl (C=O) groups is 1. The molecular weight excluding hydrogens is 401 g/mol. The number of hydrogen-bond acceptors (Lipinski definition) is 5. The number of rotatable bonds is 8. The van der Waals surface area contributed by atoms with Crippen LogP contribution in [-0.4, -0.2) is 29.3 Å². The molecule has 0 saturated carbocycles. The van der Waals surface area contributed by atoms with Gasteiger partial charge in [0.2, 0.25) is 5.76 Å². The number of furan rings is 1. The first kappa shape index (κ1) is 20.4. The predicted octanol–water partition coefficient (Wildman–Crippen LogP) is 5.06. The Morgan fingerprint density at radius 1 is 0.935 bits per heavy atom. The zero-order chi connectivity index (χ0) is 21.6. The molecule has 0 aliphatic carbocycles. The molecule has 158 valence electrons. The van der Waals surface area contributed by atoms with Crippen LogP contribution in [0, 0.1) is 5.82 Å². The highest BCUT2D eigenvalue weighted by Crippen LogP contribution is 2.28. The summed E-state index contributed by atoms with van der Waals surface area (Å²) < 4.78 is 30.3. The van der Waals surface area contributed by atoms with Crippen molar-refractivity contribution in [2.45, 2.75) is 6.61 Å². The molecule has 0 atom stereocenters. The molecule has 1 amide bonds. The van der Waals surface area contributed by atoms with Crippen molar-refractivity contribution in [3.63, 3.8) is 0 Å². The van der Waals surface area contributed by atoms with Gasteiger partial charge in [-0.15, -0.1) is 0 Å². The lowest BCUT2D eigenvalue weighted by Gasteiger charge is -2.15. The summed E-state index contributed by atoms with van der Waals surface area (Å²) in [5.74, 6) is -0.228. The van der Waals surface area contributed by atoms with Crippen molar-refractivity contribution in [3.8, 4) is 11.5 Å². The van der Waals surface area contributed by atoms with E-state index in [0.717, 1.165) is 0 Å². The summed E-state index contributed by atoms with van der Waals surface area (Å²) >= 11 is 0. The molecule has 0 saturated heterocycles. The molecular formula is C24H20FNO5. The van der Waals surface area contributed by atoms with Crippen LogP contribution in [-0.2, 0) is 6.61 Å². The zero-order valence-corrected chi connectivity index (χ0v) is 16.5. The fourth-order valence-corrected chi connectivity index (χ4v) is 3.11. The first-order valence-corrected chi connectivity index (χ1v) is 9.69. The van der Waals surface area contributed by atoms with Crippen molar-refractivity contribution < 1.29 is 28.3 Å². The van der Waals surface area contributed by atoms with Gasteiger partial charge in [0.15, 0.2) is 0 Å². The third-order valence-electron chi connectivity index (χ3n) is 4.62. The van der Waals surface area contributed by atoms with Gasteiger partial charge in [0.1, 0.15) is 36.1 Å². The van der Waals surface area contributed by atoms with E-state index in [4.69, 9.17) is 13.9 Å². The summed E-state index contributed by atoms with van der Waals surface area (Å²) in [7, 11) is 0. The lowest BCUT2D eigenvalue weighted by molar-refractivity contribution is -0.0655. The molecule has 0 bridgehead atoms. The molecule has 0 spiro atoms. The largest absolute Gasteiger partial charge is 0.492 e. The van der Waals surface area contributed by atoms with Gasteiger partial charge in [0.05, 0.1) is 6.54 Å². The van der Waals surface area contributed by atoms with Crippen LogP contribution in [0.2, 0.25) is 0 Å². The lowest BCUT2D eigenvalue weighted by atomic mass is 10.1. The summed E-state index contributed by atoms with van der Waals surface area (Å²) in [6, 6.07) is 21.9. The Bertz CT molecular complexity index is 1180. The van der Waals surface area contributed by atoms with Crippen LogP contribution in [0.5, 0.6) is 11.5 Å². The minimum atomic E-state index is -0.717. The molecule has 4 aromatic rings. The number of fused-ring (bicyclic) bond motifs is 1. The van der Waals surface area contributed by atoms with Crippen molar-refractivity contribution in [2.24, 2.45) is 0 Å². The van der Waals surface area contributed by atoms with E-state index in [9.17, 15) is 14.4 Å². The minimum absolute atomic E-state index is 0.0318. The SMILES string of the molecule is O=C(c1oc2ccccc2c1COc1cccc(F)c1)N(O)CCOc1ccccc1. The second-order valence-corrected chi connectivity index (χ2v) is 6.74. The normalized spacial score (nSPS) is 10.8. The van der Waals surface area contributed by atoms with E-state index in [0.29, 0.717) is 33.1 Å². The average Bonchev–Trinajstić information content (AvgIpc) is 3.16. The van der Waals surface area contributed by atoms with E-state index < -0.39 is 11.7 Å². The molecule has 31 heavy (non-hydrogen) atoms. The molecule has 1 heterocycles. The molecule has 1 N–H and O–H groups in total. The first-order valence-electron chi connectivity index (χ1n) is 9.69. The zero-order valence-electron chi connectivity index (χ0n) is 16.5. The summed E-state index contributed by atoms with van der Waals surface area (Å²) in [5, 5.41) is 11.5. The Hall–Kier alpha value is -3.84. The van der Waals surface area contributed by atoms with Crippen LogP contribution < -0.4 is 9.47 Å². The number of benzene rings is 3. The van der Waals surface area contributed by atoms with E-state index in [2.05, 4.69) is 0 Å². The fraction of sp³-hybridized carbons (Fsp3) is 0.125. The van der Waals surface area contributed by atoms with E-state index in [1.54, 1.807) is 36.4 Å². The third kappa shape index (κ3) is 4.84. The number of halogens is 1. The van der Waals surface area contributed by atoms with Crippen molar-refractivity contribution >= 4 is 16.9 Å². The standard InChI is InChI=1S/C24H20FNO5/c25-17-7-6-10-19(15-17)30-16-21-20-11-4-5-12-22(20)31-23(21)24(27)26(28)13-14-29-18-8-2-1-3-9-18/h1-12,15,28H,13-14,16H2. The lowest BCUT2D eigenvalue weighted by Crippen LogP contribution is -2.32. The van der Waals surface area contributed by atoms with Crippen LogP contribution in [0.25, 0.3) is 11.0 Å². The molecule has 0 fully saturated rings. The van der Waals surface area contributed by atoms with Crippen LogP contribution >= 0.6 is 0 Å². The summed E-state index contributed by atoms with van der Waals surface area (Å²) in [6.45, 7) is 0.00642. The number of carbonyl (C=O) groups excluding carboxylic acids is 1. The number of para-hydroxylation sites is 2. The van der Waals surface area contributed by atoms with Gasteiger partial charge in [-0.3, -0.25) is 10.0 Å². The highest BCUT2D eigenvalue weighted by Gasteiger charge is 2.25. The number of hydrogen-bond donors (Lipinski definition) is 1. The molecule has 0 aliphatic heterocycles. The van der Waals surface area contributed by atoms with Crippen LogP contribution in [0.1, 0.15) is 16.1 Å². The highest BCUT2D eigenvalue weighted by molar-refractivity contribution is 5.98. The molecule has 4 rings (SSSR count). The van der Waals surface area contributed by atoms with Gasteiger partial charge < -0.3 is 13.9 Å². The van der Waals surface area contributed by atoms with Crippen LogP contribution in [0.4, 0.5) is 4.39 Å². The smallest absolute Gasteiger partial charge is 0.313 e. The molecule has 0 aliphatic rings. The minimum Gasteiger partial charge on any atom is -0.492 e. The van der Waals surface area contributed by atoms with Gasteiger partial charge >= 0.3 is 5.91 Å².